The van der Waals surface area contributed by atoms with Gasteiger partial charge in [0.2, 0.25) is 0 Å². The van der Waals surface area contributed by atoms with Crippen LogP contribution in [0.2, 0.25) is 0 Å². The number of hydrogen-bond acceptors (Lipinski definition) is 4. The van der Waals surface area contributed by atoms with E-state index in [1.54, 1.807) is 0 Å². The van der Waals surface area contributed by atoms with Crippen LogP contribution in [-0.2, 0) is 0 Å². The van der Waals surface area contributed by atoms with E-state index in [9.17, 15) is 0 Å². The Morgan fingerprint density at radius 1 is 0.556 bits per heavy atom. The maximum atomic E-state index is 6.45. The molecule has 0 fully saturated rings. The Balaban J connectivity index is 1.31. The van der Waals surface area contributed by atoms with Crippen molar-refractivity contribution in [2.45, 2.75) is 0 Å². The summed E-state index contributed by atoms with van der Waals surface area (Å²) in [5, 5.41) is 7.20. The van der Waals surface area contributed by atoms with E-state index >= 15 is 0 Å². The molecule has 6 aromatic carbocycles. The fourth-order valence-corrected chi connectivity index (χ4v) is 8.09. The summed E-state index contributed by atoms with van der Waals surface area (Å²) >= 11 is 1.86. The molecule has 0 atom stereocenters. The van der Waals surface area contributed by atoms with Gasteiger partial charge in [0.05, 0.1) is 22.3 Å². The first-order valence-electron chi connectivity index (χ1n) is 15.0. The molecule has 0 aliphatic carbocycles. The van der Waals surface area contributed by atoms with Crippen LogP contribution < -0.4 is 0 Å². The molecule has 10 rings (SSSR count). The molecular formula is C40H23N3OS. The highest BCUT2D eigenvalue weighted by molar-refractivity contribution is 7.26. The van der Waals surface area contributed by atoms with E-state index in [1.165, 1.54) is 30.9 Å². The van der Waals surface area contributed by atoms with Crippen LogP contribution in [0.3, 0.4) is 0 Å². The summed E-state index contributed by atoms with van der Waals surface area (Å²) in [6.45, 7) is 0. The number of thiophene rings is 1. The maximum absolute atomic E-state index is 6.45. The molecule has 10 aromatic rings. The van der Waals surface area contributed by atoms with Gasteiger partial charge in [0.25, 0.3) is 0 Å². The van der Waals surface area contributed by atoms with Gasteiger partial charge in [-0.1, -0.05) is 103 Å². The van der Waals surface area contributed by atoms with E-state index in [0.29, 0.717) is 5.82 Å². The summed E-state index contributed by atoms with van der Waals surface area (Å²) in [6.07, 6.45) is 0. The molecule has 4 aromatic heterocycles. The average Bonchev–Trinajstić information content (AvgIpc) is 3.78. The van der Waals surface area contributed by atoms with Crippen LogP contribution in [0.4, 0.5) is 0 Å². The molecule has 0 aliphatic rings. The van der Waals surface area contributed by atoms with Crippen molar-refractivity contribution in [3.8, 4) is 28.5 Å². The van der Waals surface area contributed by atoms with E-state index in [1.807, 2.05) is 35.6 Å². The Kier molecular flexibility index (Phi) is 5.12. The molecule has 0 radical (unpaired) electrons. The van der Waals surface area contributed by atoms with Crippen LogP contribution in [0.5, 0.6) is 0 Å². The number of nitrogens with zero attached hydrogens (tertiary/aromatic N) is 3. The molecule has 4 heterocycles. The number of furan rings is 1. The fraction of sp³-hybridized carbons (Fsp3) is 0. The van der Waals surface area contributed by atoms with Gasteiger partial charge in [0.1, 0.15) is 17.0 Å². The third-order valence-corrected chi connectivity index (χ3v) is 10.0. The first-order chi connectivity index (χ1) is 22.3. The first-order valence-corrected chi connectivity index (χ1v) is 15.8. The molecule has 0 amide bonds. The second-order valence-corrected chi connectivity index (χ2v) is 12.4. The molecule has 0 N–H and O–H groups in total. The highest BCUT2D eigenvalue weighted by Gasteiger charge is 2.21. The van der Waals surface area contributed by atoms with Crippen molar-refractivity contribution in [3.63, 3.8) is 0 Å². The maximum Gasteiger partial charge on any atom is 0.165 e. The van der Waals surface area contributed by atoms with E-state index in [2.05, 4.69) is 120 Å². The molecule has 210 valence electrons. The van der Waals surface area contributed by atoms with Crippen LogP contribution in [0.25, 0.3) is 92.4 Å². The molecule has 0 spiro atoms. The molecule has 0 bridgehead atoms. The summed E-state index contributed by atoms with van der Waals surface area (Å²) < 4.78 is 11.3. The number of aromatic nitrogens is 3. The Morgan fingerprint density at radius 3 is 2.22 bits per heavy atom. The summed E-state index contributed by atoms with van der Waals surface area (Å²) in [5.41, 5.74) is 6.65. The van der Waals surface area contributed by atoms with Crippen molar-refractivity contribution in [2.24, 2.45) is 0 Å². The molecule has 0 unspecified atom stereocenters. The minimum Gasteiger partial charge on any atom is -0.455 e. The molecule has 0 saturated carbocycles. The van der Waals surface area contributed by atoms with Crippen LogP contribution in [0.15, 0.2) is 144 Å². The second kappa shape index (κ2) is 9.36. The lowest BCUT2D eigenvalue weighted by Gasteiger charge is -2.12. The van der Waals surface area contributed by atoms with Gasteiger partial charge in [0, 0.05) is 53.3 Å². The highest BCUT2D eigenvalue weighted by atomic mass is 32.1. The lowest BCUT2D eigenvalue weighted by Crippen LogP contribution is -2.02. The Labute approximate surface area is 261 Å². The largest absolute Gasteiger partial charge is 0.455 e. The van der Waals surface area contributed by atoms with Crippen LogP contribution in [0.1, 0.15) is 0 Å². The van der Waals surface area contributed by atoms with Crippen LogP contribution in [-0.4, -0.2) is 14.5 Å². The monoisotopic (exact) mass is 593 g/mol. The zero-order valence-corrected chi connectivity index (χ0v) is 24.8. The van der Waals surface area contributed by atoms with Gasteiger partial charge in [0.15, 0.2) is 5.82 Å². The third-order valence-electron chi connectivity index (χ3n) is 8.84. The average molecular weight is 594 g/mol. The van der Waals surface area contributed by atoms with E-state index in [0.717, 1.165) is 55.6 Å². The van der Waals surface area contributed by atoms with E-state index in [4.69, 9.17) is 14.4 Å². The number of benzene rings is 6. The lowest BCUT2D eigenvalue weighted by molar-refractivity contribution is 0.669. The third kappa shape index (κ3) is 3.59. The standard InChI is InChI=1S/C40H23N3OS/c1-2-11-24(12-3-1)31-23-36(42-40(41-31)30-17-10-16-27-25-13-5-8-19-34(25)44-38(27)30)43-32-18-7-4-15-29(32)37-33(43)22-21-28-26-14-6-9-20-35(26)45-39(28)37/h1-23H. The van der Waals surface area contributed by atoms with Crippen molar-refractivity contribution in [1.29, 1.82) is 0 Å². The summed E-state index contributed by atoms with van der Waals surface area (Å²) in [7, 11) is 0. The second-order valence-electron chi connectivity index (χ2n) is 11.4. The van der Waals surface area contributed by atoms with E-state index < -0.39 is 0 Å². The Hall–Kier alpha value is -5.78. The molecule has 0 aliphatic heterocycles. The van der Waals surface area contributed by atoms with Gasteiger partial charge in [-0.3, -0.25) is 4.57 Å². The van der Waals surface area contributed by atoms with Crippen molar-refractivity contribution in [1.82, 2.24) is 14.5 Å². The minimum atomic E-state index is 0.630. The predicted octanol–water partition coefficient (Wildman–Crippen LogP) is 11.2. The van der Waals surface area contributed by atoms with Gasteiger partial charge < -0.3 is 4.42 Å². The van der Waals surface area contributed by atoms with Gasteiger partial charge >= 0.3 is 0 Å². The molecule has 0 saturated heterocycles. The fourth-order valence-electron chi connectivity index (χ4n) is 6.83. The van der Waals surface area contributed by atoms with Crippen molar-refractivity contribution >= 4 is 75.3 Å². The summed E-state index contributed by atoms with van der Waals surface area (Å²) in [4.78, 5) is 10.5. The van der Waals surface area contributed by atoms with Gasteiger partial charge in [-0.05, 0) is 30.3 Å². The van der Waals surface area contributed by atoms with E-state index in [-0.39, 0.29) is 0 Å². The number of fused-ring (bicyclic) bond motifs is 10. The Morgan fingerprint density at radius 2 is 1.31 bits per heavy atom. The zero-order chi connectivity index (χ0) is 29.5. The normalized spacial score (nSPS) is 12.0. The topological polar surface area (TPSA) is 43.9 Å². The van der Waals surface area contributed by atoms with Crippen molar-refractivity contribution in [2.75, 3.05) is 0 Å². The van der Waals surface area contributed by atoms with Crippen molar-refractivity contribution in [3.05, 3.63) is 140 Å². The molecule has 4 nitrogen and oxygen atoms in total. The molecule has 5 heteroatoms. The van der Waals surface area contributed by atoms with Crippen molar-refractivity contribution < 1.29 is 4.42 Å². The summed E-state index contributed by atoms with van der Waals surface area (Å²) in [6, 6.07) is 48.7. The van der Waals surface area contributed by atoms with Gasteiger partial charge in [-0.15, -0.1) is 11.3 Å². The quantitative estimate of drug-likeness (QED) is 0.205. The lowest BCUT2D eigenvalue weighted by atomic mass is 10.1. The predicted molar refractivity (Wildman–Crippen MR) is 187 cm³/mol. The first kappa shape index (κ1) is 24.6. The molecule has 45 heavy (non-hydrogen) atoms. The number of para-hydroxylation sites is 3. The smallest absolute Gasteiger partial charge is 0.165 e. The SMILES string of the molecule is c1ccc(-c2cc(-n3c4ccccc4c4c5sc6ccccc6c5ccc43)nc(-c3cccc4c3oc3ccccc34)n2)cc1. The zero-order valence-electron chi connectivity index (χ0n) is 23.9. The minimum absolute atomic E-state index is 0.630. The number of rotatable bonds is 3. The van der Waals surface area contributed by atoms with Gasteiger partial charge in [-0.2, -0.15) is 0 Å². The highest BCUT2D eigenvalue weighted by Crippen LogP contribution is 2.43. The Bertz CT molecular complexity index is 2770. The molecular weight excluding hydrogens is 571 g/mol. The van der Waals surface area contributed by atoms with Gasteiger partial charge in [-0.25, -0.2) is 9.97 Å². The van der Waals surface area contributed by atoms with Crippen LogP contribution >= 0.6 is 11.3 Å². The van der Waals surface area contributed by atoms with Crippen LogP contribution in [0, 0.1) is 0 Å². The summed E-state index contributed by atoms with van der Waals surface area (Å²) in [5.74, 6) is 1.45. The number of hydrogen-bond donors (Lipinski definition) is 0.